The van der Waals surface area contributed by atoms with Gasteiger partial charge in [0.05, 0.1) is 17.6 Å². The molecule has 2 unspecified atom stereocenters. The number of nitrogens with zero attached hydrogens (tertiary/aromatic N) is 2. The molecule has 37 heavy (non-hydrogen) atoms. The number of piperidine rings is 1. The summed E-state index contributed by atoms with van der Waals surface area (Å²) in [5.74, 6) is 0.763. The van der Waals surface area contributed by atoms with Gasteiger partial charge in [0.15, 0.2) is 0 Å². The van der Waals surface area contributed by atoms with Crippen LogP contribution < -0.4 is 4.74 Å². The van der Waals surface area contributed by atoms with Crippen LogP contribution in [0.25, 0.3) is 10.9 Å². The van der Waals surface area contributed by atoms with E-state index in [0.29, 0.717) is 24.9 Å². The minimum atomic E-state index is -1.04. The molecule has 2 aliphatic rings. The average molecular weight is 498 g/mol. The first kappa shape index (κ1) is 23.7. The summed E-state index contributed by atoms with van der Waals surface area (Å²) in [6, 6.07) is 23.7. The zero-order valence-corrected chi connectivity index (χ0v) is 20.9. The van der Waals surface area contributed by atoms with Crippen molar-refractivity contribution in [3.8, 4) is 5.75 Å². The van der Waals surface area contributed by atoms with Crippen LogP contribution in [0.15, 0.2) is 72.8 Å². The van der Waals surface area contributed by atoms with Gasteiger partial charge in [-0.05, 0) is 48.2 Å². The van der Waals surface area contributed by atoms with Gasteiger partial charge in [-0.15, -0.1) is 0 Å². The van der Waals surface area contributed by atoms with Crippen LogP contribution in [0.1, 0.15) is 28.8 Å². The number of methoxy groups -OCH3 is 1. The smallest absolute Gasteiger partial charge is 0.293 e. The Morgan fingerprint density at radius 1 is 1.08 bits per heavy atom. The normalized spacial score (nSPS) is 23.4. The van der Waals surface area contributed by atoms with Crippen molar-refractivity contribution < 1.29 is 14.8 Å². The van der Waals surface area contributed by atoms with Crippen molar-refractivity contribution in [2.45, 2.75) is 36.7 Å². The second kappa shape index (κ2) is 9.01. The Balaban J connectivity index is 1.42. The molecule has 4 aromatic rings. The second-order valence-electron chi connectivity index (χ2n) is 10.5. The van der Waals surface area contributed by atoms with Crippen LogP contribution in [-0.2, 0) is 24.7 Å². The van der Waals surface area contributed by atoms with E-state index < -0.39 is 11.0 Å². The summed E-state index contributed by atoms with van der Waals surface area (Å²) in [6.45, 7) is 2.27. The molecule has 1 saturated heterocycles. The van der Waals surface area contributed by atoms with Crippen LogP contribution >= 0.6 is 0 Å². The predicted octanol–water partition coefficient (Wildman–Crippen LogP) is 4.80. The maximum atomic E-state index is 12.6. The monoisotopic (exact) mass is 497 g/mol. The molecular weight excluding hydrogens is 466 g/mol. The molecule has 7 nitrogen and oxygen atoms in total. The molecule has 0 saturated carbocycles. The summed E-state index contributed by atoms with van der Waals surface area (Å²) in [5, 5.41) is 25.2. The van der Waals surface area contributed by atoms with Crippen molar-refractivity contribution in [1.29, 1.82) is 0 Å². The number of hydrogen-bond acceptors (Lipinski definition) is 5. The van der Waals surface area contributed by atoms with Gasteiger partial charge in [-0.25, -0.2) is 0 Å². The molecule has 3 aromatic carbocycles. The molecule has 0 radical (unpaired) electrons. The lowest BCUT2D eigenvalue weighted by Gasteiger charge is -2.56. The van der Waals surface area contributed by atoms with Gasteiger partial charge in [0.25, 0.3) is 5.69 Å². The number of hydrogen-bond donors (Lipinski definition) is 2. The van der Waals surface area contributed by atoms with E-state index in [1.165, 1.54) is 11.6 Å². The molecule has 0 spiro atoms. The van der Waals surface area contributed by atoms with E-state index in [2.05, 4.69) is 40.2 Å². The first-order valence-corrected chi connectivity index (χ1v) is 12.8. The van der Waals surface area contributed by atoms with Crippen LogP contribution in [0.2, 0.25) is 0 Å². The van der Waals surface area contributed by atoms with E-state index in [-0.39, 0.29) is 10.6 Å². The quantitative estimate of drug-likeness (QED) is 0.295. The number of H-pyrrole nitrogens is 1. The highest BCUT2D eigenvalue weighted by molar-refractivity contribution is 5.92. The largest absolute Gasteiger partial charge is 0.497 e. The SMILES string of the molecule is COc1cccc(C23CCN(CCc4ccccc4)CC2(O)Cc2c([nH]c4c([N+](=O)[O-])cccc24)C3)c1. The lowest BCUT2D eigenvalue weighted by molar-refractivity contribution is -0.383. The Morgan fingerprint density at radius 2 is 1.89 bits per heavy atom. The predicted molar refractivity (Wildman–Crippen MR) is 143 cm³/mol. The van der Waals surface area contributed by atoms with Gasteiger partial charge >= 0.3 is 0 Å². The van der Waals surface area contributed by atoms with Crippen LogP contribution in [0.4, 0.5) is 5.69 Å². The summed E-state index contributed by atoms with van der Waals surface area (Å²) in [4.78, 5) is 17.2. The summed E-state index contributed by atoms with van der Waals surface area (Å²) in [6.07, 6.45) is 2.73. The number of aliphatic hydroxyl groups is 1. The Labute approximate surface area is 215 Å². The highest BCUT2D eigenvalue weighted by Gasteiger charge is 2.57. The minimum absolute atomic E-state index is 0.0711. The Bertz CT molecular complexity index is 1470. The van der Waals surface area contributed by atoms with E-state index in [1.807, 2.05) is 30.3 Å². The van der Waals surface area contributed by atoms with Crippen LogP contribution in [0.3, 0.4) is 0 Å². The number of aromatic nitrogens is 1. The third kappa shape index (κ3) is 3.90. The van der Waals surface area contributed by atoms with Crippen molar-refractivity contribution in [3.05, 3.63) is 105 Å². The summed E-state index contributed by atoms with van der Waals surface area (Å²) >= 11 is 0. The lowest BCUT2D eigenvalue weighted by Crippen LogP contribution is -2.66. The Hall–Kier alpha value is -3.68. The van der Waals surface area contributed by atoms with Gasteiger partial charge in [0.2, 0.25) is 0 Å². The fraction of sp³-hybridized carbons (Fsp3) is 0.333. The lowest BCUT2D eigenvalue weighted by atomic mass is 9.56. The third-order valence-electron chi connectivity index (χ3n) is 8.56. The molecule has 2 atom stereocenters. The second-order valence-corrected chi connectivity index (χ2v) is 10.5. The molecule has 2 heterocycles. The standard InChI is InChI=1S/C30H31N3O4/c1-37-23-10-5-9-22(17-23)29-14-16-32(15-13-21-7-3-2-4-8-21)20-30(29,34)18-25-24-11-6-12-27(33(35)36)28(24)31-26(25)19-29/h2-12,17,31,34H,13-16,18-20H2,1H3. The zero-order chi connectivity index (χ0) is 25.6. The molecule has 1 aliphatic carbocycles. The Morgan fingerprint density at radius 3 is 2.68 bits per heavy atom. The number of aromatic amines is 1. The van der Waals surface area contributed by atoms with E-state index >= 15 is 0 Å². The van der Waals surface area contributed by atoms with Crippen LogP contribution in [0, 0.1) is 10.1 Å². The van der Waals surface area contributed by atoms with Gasteiger partial charge in [-0.1, -0.05) is 54.6 Å². The number of para-hydroxylation sites is 1. The van der Waals surface area contributed by atoms with Crippen molar-refractivity contribution in [1.82, 2.24) is 9.88 Å². The number of β-amino-alcohol motifs (C(OH)–C–C–N with tert-alkyl or cyclic N) is 1. The number of fused-ring (bicyclic) bond motifs is 4. The van der Waals surface area contributed by atoms with Crippen molar-refractivity contribution in [3.63, 3.8) is 0 Å². The van der Waals surface area contributed by atoms with E-state index in [9.17, 15) is 15.2 Å². The summed E-state index contributed by atoms with van der Waals surface area (Å²) in [5.41, 5.74) is 3.35. The Kier molecular flexibility index (Phi) is 5.77. The number of ether oxygens (including phenoxy) is 1. The molecule has 1 aromatic heterocycles. The van der Waals surface area contributed by atoms with Crippen LogP contribution in [-0.4, -0.2) is 52.3 Å². The zero-order valence-electron chi connectivity index (χ0n) is 20.9. The maximum Gasteiger partial charge on any atom is 0.293 e. The number of likely N-dealkylation sites (tertiary alicyclic amines) is 1. The highest BCUT2D eigenvalue weighted by Crippen LogP contribution is 2.52. The molecule has 1 fully saturated rings. The molecule has 190 valence electrons. The fourth-order valence-electron chi connectivity index (χ4n) is 6.63. The summed E-state index contributed by atoms with van der Waals surface area (Å²) in [7, 11) is 1.66. The molecule has 6 rings (SSSR count). The number of nitro benzene ring substituents is 1. The molecule has 0 bridgehead atoms. The molecule has 0 amide bonds. The van der Waals surface area contributed by atoms with E-state index in [4.69, 9.17) is 4.74 Å². The first-order chi connectivity index (χ1) is 17.9. The number of nitro groups is 1. The highest BCUT2D eigenvalue weighted by atomic mass is 16.6. The summed E-state index contributed by atoms with van der Waals surface area (Å²) < 4.78 is 5.55. The van der Waals surface area contributed by atoms with E-state index in [0.717, 1.165) is 53.9 Å². The number of benzene rings is 3. The van der Waals surface area contributed by atoms with Crippen molar-refractivity contribution >= 4 is 16.6 Å². The maximum absolute atomic E-state index is 12.6. The molecule has 2 N–H and O–H groups in total. The van der Waals surface area contributed by atoms with Gasteiger partial charge in [-0.3, -0.25) is 10.1 Å². The fourth-order valence-corrected chi connectivity index (χ4v) is 6.63. The number of rotatable bonds is 6. The van der Waals surface area contributed by atoms with E-state index in [1.54, 1.807) is 13.2 Å². The average Bonchev–Trinajstić information content (AvgIpc) is 3.27. The van der Waals surface area contributed by atoms with Gasteiger partial charge in [0, 0.05) is 48.5 Å². The molecule has 1 aliphatic heterocycles. The number of nitrogens with one attached hydrogen (secondary N) is 1. The van der Waals surface area contributed by atoms with Gasteiger partial charge in [-0.2, -0.15) is 0 Å². The van der Waals surface area contributed by atoms with Crippen molar-refractivity contribution in [2.75, 3.05) is 26.7 Å². The van der Waals surface area contributed by atoms with Gasteiger partial charge in [0.1, 0.15) is 11.3 Å². The van der Waals surface area contributed by atoms with Crippen molar-refractivity contribution in [2.24, 2.45) is 0 Å². The third-order valence-corrected chi connectivity index (χ3v) is 8.56. The molecule has 7 heteroatoms. The first-order valence-electron chi connectivity index (χ1n) is 12.8. The minimum Gasteiger partial charge on any atom is -0.497 e. The van der Waals surface area contributed by atoms with Crippen LogP contribution in [0.5, 0.6) is 5.75 Å². The van der Waals surface area contributed by atoms with Gasteiger partial charge < -0.3 is 19.7 Å². The topological polar surface area (TPSA) is 91.6 Å². The molecular formula is C30H31N3O4. The number of non-ortho nitro benzene ring substituents is 1.